The van der Waals surface area contributed by atoms with Crippen molar-refractivity contribution >= 4 is 9.84 Å². The van der Waals surface area contributed by atoms with Gasteiger partial charge < -0.3 is 5.11 Å². The highest BCUT2D eigenvalue weighted by Crippen LogP contribution is 2.25. The second-order valence-corrected chi connectivity index (χ2v) is 5.68. The maximum absolute atomic E-state index is 11.2. The molecular weight excluding hydrogens is 176 g/mol. The van der Waals surface area contributed by atoms with E-state index in [0.29, 0.717) is 6.42 Å². The van der Waals surface area contributed by atoms with Crippen LogP contribution < -0.4 is 0 Å². The summed E-state index contributed by atoms with van der Waals surface area (Å²) < 4.78 is 22.5. The van der Waals surface area contributed by atoms with Gasteiger partial charge in [0, 0.05) is 0 Å². The number of sulfone groups is 1. The summed E-state index contributed by atoms with van der Waals surface area (Å²) in [6.07, 6.45) is 1.67. The van der Waals surface area contributed by atoms with Crippen molar-refractivity contribution in [1.29, 1.82) is 0 Å². The minimum Gasteiger partial charge on any atom is -0.389 e. The van der Waals surface area contributed by atoms with Crippen LogP contribution in [0.15, 0.2) is 11.6 Å². The lowest BCUT2D eigenvalue weighted by Gasteiger charge is -2.04. The molecule has 0 aromatic heterocycles. The molecule has 0 radical (unpaired) electrons. The third-order valence-corrected chi connectivity index (χ3v) is 4.34. The van der Waals surface area contributed by atoms with Crippen LogP contribution >= 0.6 is 0 Å². The Bertz CT molecular complexity index is 287. The molecule has 0 bridgehead atoms. The molecule has 0 amide bonds. The molecular formula is C8H14O3S. The maximum atomic E-state index is 11.2. The van der Waals surface area contributed by atoms with Gasteiger partial charge in [0.1, 0.15) is 0 Å². The van der Waals surface area contributed by atoms with Crippen LogP contribution in [-0.2, 0) is 9.84 Å². The first-order chi connectivity index (χ1) is 5.43. The van der Waals surface area contributed by atoms with E-state index in [0.717, 1.165) is 5.57 Å². The Morgan fingerprint density at radius 1 is 1.67 bits per heavy atom. The van der Waals surface area contributed by atoms with Gasteiger partial charge in [-0.1, -0.05) is 11.6 Å². The summed E-state index contributed by atoms with van der Waals surface area (Å²) in [6.45, 7) is 3.31. The van der Waals surface area contributed by atoms with Gasteiger partial charge in [-0.15, -0.1) is 0 Å². The zero-order valence-electron chi connectivity index (χ0n) is 7.32. The summed E-state index contributed by atoms with van der Waals surface area (Å²) >= 11 is 0. The lowest BCUT2D eigenvalue weighted by atomic mass is 10.1. The molecule has 1 fully saturated rings. The van der Waals surface area contributed by atoms with Crippen molar-refractivity contribution in [3.05, 3.63) is 11.6 Å². The van der Waals surface area contributed by atoms with Crippen molar-refractivity contribution in [2.75, 3.05) is 5.75 Å². The van der Waals surface area contributed by atoms with Crippen molar-refractivity contribution in [2.24, 2.45) is 0 Å². The van der Waals surface area contributed by atoms with E-state index >= 15 is 0 Å². The van der Waals surface area contributed by atoms with Crippen molar-refractivity contribution in [3.63, 3.8) is 0 Å². The fraction of sp³-hybridized carbons (Fsp3) is 0.750. The molecule has 4 heteroatoms. The van der Waals surface area contributed by atoms with Gasteiger partial charge in [0.15, 0.2) is 9.84 Å². The second-order valence-electron chi connectivity index (χ2n) is 3.24. The zero-order chi connectivity index (χ0) is 9.35. The Labute approximate surface area is 73.0 Å². The van der Waals surface area contributed by atoms with E-state index in [1.54, 1.807) is 19.9 Å². The molecule has 3 nitrogen and oxygen atoms in total. The average molecular weight is 190 g/mol. The maximum Gasteiger partial charge on any atom is 0.157 e. The standard InChI is InChI=1S/C8H14O3S/c1-6(9)5-8-3-4-12(10,11)7(8)2/h5-7,9H,3-4H2,1-2H3/b8-5-. The minimum atomic E-state index is -2.90. The molecule has 1 saturated heterocycles. The number of rotatable bonds is 1. The van der Waals surface area contributed by atoms with E-state index < -0.39 is 21.2 Å². The highest BCUT2D eigenvalue weighted by atomic mass is 32.2. The van der Waals surface area contributed by atoms with E-state index in [1.807, 2.05) is 0 Å². The smallest absolute Gasteiger partial charge is 0.157 e. The summed E-state index contributed by atoms with van der Waals surface area (Å²) in [5.41, 5.74) is 0.852. The molecule has 0 spiro atoms. The third kappa shape index (κ3) is 1.87. The van der Waals surface area contributed by atoms with Gasteiger partial charge >= 0.3 is 0 Å². The minimum absolute atomic E-state index is 0.229. The van der Waals surface area contributed by atoms with Crippen molar-refractivity contribution in [3.8, 4) is 0 Å². The van der Waals surface area contributed by atoms with Gasteiger partial charge in [-0.3, -0.25) is 0 Å². The number of aliphatic hydroxyl groups is 1. The van der Waals surface area contributed by atoms with Crippen LogP contribution in [0.25, 0.3) is 0 Å². The molecule has 1 heterocycles. The van der Waals surface area contributed by atoms with Crippen molar-refractivity contribution in [2.45, 2.75) is 31.6 Å². The summed E-state index contributed by atoms with van der Waals surface area (Å²) in [5.74, 6) is 0.229. The van der Waals surface area contributed by atoms with Crippen LogP contribution in [0, 0.1) is 0 Å². The highest BCUT2D eigenvalue weighted by Gasteiger charge is 2.31. The first-order valence-corrected chi connectivity index (χ1v) is 5.75. The van der Waals surface area contributed by atoms with E-state index in [2.05, 4.69) is 0 Å². The quantitative estimate of drug-likeness (QED) is 0.613. The number of aliphatic hydroxyl groups excluding tert-OH is 1. The Balaban J connectivity index is 2.88. The third-order valence-electron chi connectivity index (χ3n) is 2.19. The van der Waals surface area contributed by atoms with Gasteiger partial charge in [0.25, 0.3) is 0 Å². The molecule has 0 aromatic rings. The molecule has 2 unspecified atom stereocenters. The Kier molecular flexibility index (Phi) is 2.58. The van der Waals surface area contributed by atoms with Gasteiger partial charge in [-0.25, -0.2) is 8.42 Å². The fourth-order valence-electron chi connectivity index (χ4n) is 1.40. The number of hydrogen-bond donors (Lipinski definition) is 1. The van der Waals surface area contributed by atoms with Gasteiger partial charge in [0.2, 0.25) is 0 Å². The largest absolute Gasteiger partial charge is 0.389 e. The summed E-state index contributed by atoms with van der Waals surface area (Å²) in [7, 11) is -2.90. The molecule has 1 N–H and O–H groups in total. The van der Waals surface area contributed by atoms with Crippen molar-refractivity contribution in [1.82, 2.24) is 0 Å². The molecule has 12 heavy (non-hydrogen) atoms. The molecule has 1 rings (SSSR count). The molecule has 2 atom stereocenters. The van der Waals surface area contributed by atoms with E-state index in [4.69, 9.17) is 5.11 Å². The van der Waals surface area contributed by atoms with Crippen LogP contribution in [0.1, 0.15) is 20.3 Å². The SMILES string of the molecule is CC(O)/C=C1/CCS(=O)(=O)C1C. The Morgan fingerprint density at radius 3 is 2.58 bits per heavy atom. The van der Waals surface area contributed by atoms with Crippen molar-refractivity contribution < 1.29 is 13.5 Å². The zero-order valence-corrected chi connectivity index (χ0v) is 8.13. The second kappa shape index (κ2) is 3.18. The van der Waals surface area contributed by atoms with Gasteiger partial charge in [0.05, 0.1) is 17.1 Å². The monoisotopic (exact) mass is 190 g/mol. The van der Waals surface area contributed by atoms with E-state index in [1.165, 1.54) is 0 Å². The average Bonchev–Trinajstić information content (AvgIpc) is 2.15. The van der Waals surface area contributed by atoms with E-state index in [9.17, 15) is 8.42 Å². The molecule has 70 valence electrons. The lowest BCUT2D eigenvalue weighted by Crippen LogP contribution is -2.13. The molecule has 1 aliphatic rings. The number of hydrogen-bond acceptors (Lipinski definition) is 3. The first kappa shape index (κ1) is 9.74. The molecule has 0 aromatic carbocycles. The summed E-state index contributed by atoms with van der Waals surface area (Å²) in [4.78, 5) is 0. The Hall–Kier alpha value is -0.350. The first-order valence-electron chi connectivity index (χ1n) is 4.03. The normalized spacial score (nSPS) is 33.9. The highest BCUT2D eigenvalue weighted by molar-refractivity contribution is 7.92. The van der Waals surface area contributed by atoms with Crippen LogP contribution in [0.3, 0.4) is 0 Å². The predicted molar refractivity (Wildman–Crippen MR) is 47.6 cm³/mol. The lowest BCUT2D eigenvalue weighted by molar-refractivity contribution is 0.243. The predicted octanol–water partition coefficient (Wildman–Crippen LogP) is 0.501. The van der Waals surface area contributed by atoms with Crippen LogP contribution in [-0.4, -0.2) is 30.6 Å². The molecule has 0 saturated carbocycles. The van der Waals surface area contributed by atoms with E-state index in [-0.39, 0.29) is 5.75 Å². The van der Waals surface area contributed by atoms with Crippen LogP contribution in [0.2, 0.25) is 0 Å². The summed E-state index contributed by atoms with van der Waals surface area (Å²) in [5, 5.41) is 8.63. The van der Waals surface area contributed by atoms with Crippen LogP contribution in [0.4, 0.5) is 0 Å². The topological polar surface area (TPSA) is 54.4 Å². The van der Waals surface area contributed by atoms with Crippen LogP contribution in [0.5, 0.6) is 0 Å². The molecule has 0 aliphatic carbocycles. The summed E-state index contributed by atoms with van der Waals surface area (Å²) in [6, 6.07) is 0. The van der Waals surface area contributed by atoms with Gasteiger partial charge in [-0.05, 0) is 20.3 Å². The Morgan fingerprint density at radius 2 is 2.25 bits per heavy atom. The fourth-order valence-corrected chi connectivity index (χ4v) is 2.93. The molecule has 1 aliphatic heterocycles. The van der Waals surface area contributed by atoms with Gasteiger partial charge in [-0.2, -0.15) is 0 Å².